The smallest absolute Gasteiger partial charge is 0.0604 e. The number of rotatable bonds is 2. The Kier molecular flexibility index (Phi) is 2.58. The molecule has 0 aromatic heterocycles. The van der Waals surface area contributed by atoms with Crippen molar-refractivity contribution in [3.63, 3.8) is 0 Å². The Morgan fingerprint density at radius 3 is 2.33 bits per heavy atom. The number of nitrogens with zero attached hydrogens (tertiary/aromatic N) is 1. The van der Waals surface area contributed by atoms with Crippen molar-refractivity contribution in [2.45, 2.75) is 6.92 Å². The first-order chi connectivity index (χ1) is 5.66. The second-order valence-electron chi connectivity index (χ2n) is 3.11. The zero-order valence-electron chi connectivity index (χ0n) is 8.18. The Morgan fingerprint density at radius 2 is 1.92 bits per heavy atom. The highest BCUT2D eigenvalue weighted by Gasteiger charge is 2.03. The van der Waals surface area contributed by atoms with Crippen molar-refractivity contribution in [3.05, 3.63) is 23.8 Å². The van der Waals surface area contributed by atoms with Crippen LogP contribution in [-0.4, -0.2) is 21.1 Å². The summed E-state index contributed by atoms with van der Waals surface area (Å²) < 4.78 is 0. The van der Waals surface area contributed by atoms with Crippen LogP contribution in [0.3, 0.4) is 0 Å². The average Bonchev–Trinajstić information content (AvgIpc) is 2.03. The predicted molar refractivity (Wildman–Crippen MR) is 55.1 cm³/mol. The van der Waals surface area contributed by atoms with E-state index in [2.05, 4.69) is 49.4 Å². The highest BCUT2D eigenvalue weighted by molar-refractivity contribution is 5.72. The summed E-state index contributed by atoms with van der Waals surface area (Å²) in [5.41, 5.74) is 3.73. The van der Waals surface area contributed by atoms with Crippen molar-refractivity contribution < 1.29 is 0 Å². The SMILES string of the molecule is CNc1c(C)cccc1N(C)C. The molecule has 12 heavy (non-hydrogen) atoms. The molecule has 1 aromatic rings. The molecule has 0 amide bonds. The maximum Gasteiger partial charge on any atom is 0.0604 e. The van der Waals surface area contributed by atoms with Crippen LogP contribution in [0.2, 0.25) is 0 Å². The van der Waals surface area contributed by atoms with Gasteiger partial charge in [0.05, 0.1) is 11.4 Å². The normalized spacial score (nSPS) is 9.67. The van der Waals surface area contributed by atoms with Gasteiger partial charge in [-0.1, -0.05) is 12.1 Å². The van der Waals surface area contributed by atoms with E-state index in [1.54, 1.807) is 0 Å². The van der Waals surface area contributed by atoms with Crippen LogP contribution in [0.5, 0.6) is 0 Å². The molecule has 2 nitrogen and oxygen atoms in total. The standard InChI is InChI=1S/C10H16N2/c1-8-6-5-7-9(12(3)4)10(8)11-2/h5-7,11H,1-4H3. The molecule has 0 atom stereocenters. The number of aryl methyl sites for hydroxylation is 1. The van der Waals surface area contributed by atoms with Crippen molar-refractivity contribution >= 4 is 11.4 Å². The fourth-order valence-electron chi connectivity index (χ4n) is 1.35. The average molecular weight is 164 g/mol. The third-order valence-electron chi connectivity index (χ3n) is 1.98. The lowest BCUT2D eigenvalue weighted by molar-refractivity contribution is 1.13. The Labute approximate surface area is 74.2 Å². The van der Waals surface area contributed by atoms with E-state index >= 15 is 0 Å². The summed E-state index contributed by atoms with van der Waals surface area (Å²) >= 11 is 0. The van der Waals surface area contributed by atoms with Gasteiger partial charge in [0, 0.05) is 21.1 Å². The molecule has 0 radical (unpaired) electrons. The van der Waals surface area contributed by atoms with Crippen LogP contribution < -0.4 is 10.2 Å². The molecule has 1 rings (SSSR count). The molecular weight excluding hydrogens is 148 g/mol. The van der Waals surface area contributed by atoms with Crippen molar-refractivity contribution in [2.75, 3.05) is 31.4 Å². The molecule has 0 aliphatic heterocycles. The van der Waals surface area contributed by atoms with Gasteiger partial charge in [-0.25, -0.2) is 0 Å². The third kappa shape index (κ3) is 1.52. The zero-order valence-corrected chi connectivity index (χ0v) is 8.18. The first-order valence-corrected chi connectivity index (χ1v) is 4.11. The van der Waals surface area contributed by atoms with Gasteiger partial charge in [-0.3, -0.25) is 0 Å². The van der Waals surface area contributed by atoms with E-state index in [0.717, 1.165) is 0 Å². The number of nitrogens with one attached hydrogen (secondary N) is 1. The minimum Gasteiger partial charge on any atom is -0.386 e. The summed E-state index contributed by atoms with van der Waals surface area (Å²) in [6.07, 6.45) is 0. The molecule has 0 saturated heterocycles. The Hall–Kier alpha value is -1.18. The van der Waals surface area contributed by atoms with Gasteiger partial charge < -0.3 is 10.2 Å². The fraction of sp³-hybridized carbons (Fsp3) is 0.400. The largest absolute Gasteiger partial charge is 0.386 e. The highest BCUT2D eigenvalue weighted by atomic mass is 15.1. The molecule has 2 heteroatoms. The van der Waals surface area contributed by atoms with Gasteiger partial charge in [-0.15, -0.1) is 0 Å². The van der Waals surface area contributed by atoms with E-state index in [1.807, 2.05) is 7.05 Å². The van der Waals surface area contributed by atoms with Crippen molar-refractivity contribution in [1.29, 1.82) is 0 Å². The molecule has 0 spiro atoms. The van der Waals surface area contributed by atoms with Crippen LogP contribution in [0.4, 0.5) is 11.4 Å². The van der Waals surface area contributed by atoms with Crippen molar-refractivity contribution in [3.8, 4) is 0 Å². The molecule has 0 saturated carbocycles. The molecule has 66 valence electrons. The summed E-state index contributed by atoms with van der Waals surface area (Å²) in [5, 5.41) is 3.20. The van der Waals surface area contributed by atoms with Crippen LogP contribution in [-0.2, 0) is 0 Å². The second-order valence-corrected chi connectivity index (χ2v) is 3.11. The quantitative estimate of drug-likeness (QED) is 0.720. The van der Waals surface area contributed by atoms with E-state index in [1.165, 1.54) is 16.9 Å². The third-order valence-corrected chi connectivity index (χ3v) is 1.98. The van der Waals surface area contributed by atoms with Crippen LogP contribution in [0, 0.1) is 6.92 Å². The number of hydrogen-bond acceptors (Lipinski definition) is 2. The molecule has 0 heterocycles. The lowest BCUT2D eigenvalue weighted by atomic mass is 10.1. The van der Waals surface area contributed by atoms with Crippen LogP contribution >= 0.6 is 0 Å². The minimum atomic E-state index is 1.21. The predicted octanol–water partition coefficient (Wildman–Crippen LogP) is 2.10. The van der Waals surface area contributed by atoms with Gasteiger partial charge in [0.15, 0.2) is 0 Å². The maximum atomic E-state index is 3.20. The maximum absolute atomic E-state index is 3.20. The molecule has 1 aromatic carbocycles. The number of benzene rings is 1. The van der Waals surface area contributed by atoms with E-state index in [9.17, 15) is 0 Å². The van der Waals surface area contributed by atoms with Gasteiger partial charge in [-0.05, 0) is 18.6 Å². The van der Waals surface area contributed by atoms with Gasteiger partial charge in [0.25, 0.3) is 0 Å². The lowest BCUT2D eigenvalue weighted by Gasteiger charge is -2.18. The summed E-state index contributed by atoms with van der Waals surface area (Å²) in [6.45, 7) is 2.11. The summed E-state index contributed by atoms with van der Waals surface area (Å²) in [4.78, 5) is 2.11. The zero-order chi connectivity index (χ0) is 9.14. The summed E-state index contributed by atoms with van der Waals surface area (Å²) in [6, 6.07) is 6.29. The second kappa shape index (κ2) is 3.48. The first-order valence-electron chi connectivity index (χ1n) is 4.11. The van der Waals surface area contributed by atoms with Gasteiger partial charge in [0.2, 0.25) is 0 Å². The first kappa shape index (κ1) is 8.91. The lowest BCUT2D eigenvalue weighted by Crippen LogP contribution is -2.11. The minimum absolute atomic E-state index is 1.21. The Bertz CT molecular complexity index is 267. The molecule has 0 unspecified atom stereocenters. The van der Waals surface area contributed by atoms with Gasteiger partial charge in [-0.2, -0.15) is 0 Å². The molecule has 0 bridgehead atoms. The number of hydrogen-bond donors (Lipinski definition) is 1. The van der Waals surface area contributed by atoms with Gasteiger partial charge in [0.1, 0.15) is 0 Å². The van der Waals surface area contributed by atoms with E-state index in [0.29, 0.717) is 0 Å². The topological polar surface area (TPSA) is 15.3 Å². The molecule has 1 N–H and O–H groups in total. The summed E-state index contributed by atoms with van der Waals surface area (Å²) in [7, 11) is 6.06. The van der Waals surface area contributed by atoms with Crippen LogP contribution in [0.15, 0.2) is 18.2 Å². The number of para-hydroxylation sites is 1. The Morgan fingerprint density at radius 1 is 1.25 bits per heavy atom. The van der Waals surface area contributed by atoms with Gasteiger partial charge >= 0.3 is 0 Å². The molecule has 0 aliphatic rings. The molecular formula is C10H16N2. The Balaban J connectivity index is 3.18. The van der Waals surface area contributed by atoms with E-state index < -0.39 is 0 Å². The van der Waals surface area contributed by atoms with E-state index in [-0.39, 0.29) is 0 Å². The molecule has 0 fully saturated rings. The number of anilines is 2. The molecule has 0 aliphatic carbocycles. The van der Waals surface area contributed by atoms with Crippen molar-refractivity contribution in [2.24, 2.45) is 0 Å². The van der Waals surface area contributed by atoms with Crippen LogP contribution in [0.1, 0.15) is 5.56 Å². The monoisotopic (exact) mass is 164 g/mol. The summed E-state index contributed by atoms with van der Waals surface area (Å²) in [5.74, 6) is 0. The highest BCUT2D eigenvalue weighted by Crippen LogP contribution is 2.26. The fourth-order valence-corrected chi connectivity index (χ4v) is 1.35. The van der Waals surface area contributed by atoms with Crippen LogP contribution in [0.25, 0.3) is 0 Å². The van der Waals surface area contributed by atoms with Crippen molar-refractivity contribution in [1.82, 2.24) is 0 Å². The van der Waals surface area contributed by atoms with E-state index in [4.69, 9.17) is 0 Å².